The first kappa shape index (κ1) is 10.8. The van der Waals surface area contributed by atoms with E-state index in [1.54, 1.807) is 6.07 Å². The molecule has 1 radical (unpaired) electrons. The first-order valence-electron chi connectivity index (χ1n) is 4.31. The molecule has 0 N–H and O–H groups in total. The minimum absolute atomic E-state index is 0.764. The third-order valence-corrected chi connectivity index (χ3v) is 2.80. The SMILES string of the molecule is Cn1c[c]cc1Oc1cc(Br)cc(Br)c1. The summed E-state index contributed by atoms with van der Waals surface area (Å²) in [6.45, 7) is 0. The molecular formula is C11H8Br2NO. The molecule has 0 saturated heterocycles. The molecule has 15 heavy (non-hydrogen) atoms. The van der Waals surface area contributed by atoms with Crippen molar-refractivity contribution in [3.8, 4) is 11.6 Å². The number of aromatic nitrogens is 1. The predicted molar refractivity (Wildman–Crippen MR) is 66.2 cm³/mol. The minimum Gasteiger partial charge on any atom is -0.441 e. The first-order valence-corrected chi connectivity index (χ1v) is 5.90. The number of benzene rings is 1. The molecule has 0 aliphatic carbocycles. The second-order valence-corrected chi connectivity index (χ2v) is 4.93. The molecule has 0 saturated carbocycles. The van der Waals surface area contributed by atoms with Gasteiger partial charge in [0.2, 0.25) is 0 Å². The third-order valence-electron chi connectivity index (χ3n) is 1.88. The fraction of sp³-hybridized carbons (Fsp3) is 0.0909. The molecular weight excluding hydrogens is 322 g/mol. The molecule has 0 aliphatic heterocycles. The molecule has 4 heteroatoms. The van der Waals surface area contributed by atoms with Gasteiger partial charge in [-0.1, -0.05) is 31.9 Å². The molecule has 77 valence electrons. The molecule has 0 fully saturated rings. The highest BCUT2D eigenvalue weighted by Crippen LogP contribution is 2.28. The minimum atomic E-state index is 0.764. The maximum absolute atomic E-state index is 5.68. The average Bonchev–Trinajstić information content (AvgIpc) is 2.50. The molecule has 2 aromatic rings. The lowest BCUT2D eigenvalue weighted by Gasteiger charge is -2.07. The molecule has 1 aromatic heterocycles. The van der Waals surface area contributed by atoms with E-state index in [-0.39, 0.29) is 0 Å². The van der Waals surface area contributed by atoms with Gasteiger partial charge in [-0.2, -0.15) is 0 Å². The van der Waals surface area contributed by atoms with E-state index in [4.69, 9.17) is 4.74 Å². The Kier molecular flexibility index (Phi) is 3.17. The van der Waals surface area contributed by atoms with Crippen LogP contribution in [0.1, 0.15) is 0 Å². The highest BCUT2D eigenvalue weighted by atomic mass is 79.9. The quantitative estimate of drug-likeness (QED) is 0.807. The van der Waals surface area contributed by atoms with Crippen molar-refractivity contribution in [2.45, 2.75) is 0 Å². The number of aryl methyl sites for hydroxylation is 1. The van der Waals surface area contributed by atoms with E-state index in [9.17, 15) is 0 Å². The number of hydrogen-bond acceptors (Lipinski definition) is 1. The Morgan fingerprint density at radius 3 is 2.40 bits per heavy atom. The average molecular weight is 330 g/mol. The van der Waals surface area contributed by atoms with E-state index in [1.165, 1.54) is 0 Å². The second kappa shape index (κ2) is 4.41. The third kappa shape index (κ3) is 2.63. The van der Waals surface area contributed by atoms with Crippen LogP contribution in [0.25, 0.3) is 0 Å². The zero-order valence-corrected chi connectivity index (χ0v) is 11.2. The summed E-state index contributed by atoms with van der Waals surface area (Å²) < 4.78 is 9.51. The van der Waals surface area contributed by atoms with Crippen molar-refractivity contribution in [3.05, 3.63) is 45.5 Å². The van der Waals surface area contributed by atoms with Crippen LogP contribution in [0.15, 0.2) is 39.4 Å². The van der Waals surface area contributed by atoms with Crippen LogP contribution < -0.4 is 4.74 Å². The largest absolute Gasteiger partial charge is 0.441 e. The highest BCUT2D eigenvalue weighted by Gasteiger charge is 2.02. The number of nitrogens with zero attached hydrogens (tertiary/aromatic N) is 1. The Bertz CT molecular complexity index is 459. The molecule has 0 atom stereocenters. The van der Waals surface area contributed by atoms with Gasteiger partial charge in [0.15, 0.2) is 5.88 Å². The first-order chi connectivity index (χ1) is 7.15. The van der Waals surface area contributed by atoms with Gasteiger partial charge in [0.1, 0.15) is 5.75 Å². The Morgan fingerprint density at radius 1 is 1.20 bits per heavy atom. The zero-order chi connectivity index (χ0) is 10.8. The number of rotatable bonds is 2. The molecule has 0 unspecified atom stereocenters. The summed E-state index contributed by atoms with van der Waals surface area (Å²) in [6, 6.07) is 10.6. The maximum atomic E-state index is 5.68. The topological polar surface area (TPSA) is 14.2 Å². The molecule has 1 aromatic carbocycles. The van der Waals surface area contributed by atoms with Gasteiger partial charge in [0.25, 0.3) is 0 Å². The van der Waals surface area contributed by atoms with Crippen molar-refractivity contribution in [1.82, 2.24) is 4.57 Å². The fourth-order valence-electron chi connectivity index (χ4n) is 1.20. The number of hydrogen-bond donors (Lipinski definition) is 0. The smallest absolute Gasteiger partial charge is 0.200 e. The van der Waals surface area contributed by atoms with E-state index in [0.29, 0.717) is 0 Å². The van der Waals surface area contributed by atoms with Gasteiger partial charge in [-0.3, -0.25) is 0 Å². The van der Waals surface area contributed by atoms with E-state index < -0.39 is 0 Å². The molecule has 1 heterocycles. The van der Waals surface area contributed by atoms with E-state index in [2.05, 4.69) is 37.9 Å². The van der Waals surface area contributed by atoms with Crippen molar-refractivity contribution in [2.75, 3.05) is 0 Å². The van der Waals surface area contributed by atoms with Gasteiger partial charge >= 0.3 is 0 Å². The Hall–Kier alpha value is -0.740. The van der Waals surface area contributed by atoms with Crippen molar-refractivity contribution in [2.24, 2.45) is 7.05 Å². The van der Waals surface area contributed by atoms with Crippen molar-refractivity contribution in [1.29, 1.82) is 0 Å². The molecule has 0 amide bonds. The van der Waals surface area contributed by atoms with E-state index in [1.807, 2.05) is 36.0 Å². The van der Waals surface area contributed by atoms with Crippen molar-refractivity contribution >= 4 is 31.9 Å². The highest BCUT2D eigenvalue weighted by molar-refractivity contribution is 9.11. The molecule has 2 nitrogen and oxygen atoms in total. The van der Waals surface area contributed by atoms with Gasteiger partial charge in [0, 0.05) is 34.3 Å². The van der Waals surface area contributed by atoms with Crippen molar-refractivity contribution < 1.29 is 4.74 Å². The number of ether oxygens (including phenoxy) is 1. The Morgan fingerprint density at radius 2 is 1.87 bits per heavy atom. The summed E-state index contributed by atoms with van der Waals surface area (Å²) in [6.07, 6.45) is 1.82. The lowest BCUT2D eigenvalue weighted by molar-refractivity contribution is 0.442. The van der Waals surface area contributed by atoms with Crippen LogP contribution in [0.4, 0.5) is 0 Å². The Labute approximate surface area is 105 Å². The zero-order valence-electron chi connectivity index (χ0n) is 8.00. The molecule has 2 rings (SSSR count). The molecule has 0 spiro atoms. The van der Waals surface area contributed by atoms with Crippen molar-refractivity contribution in [3.63, 3.8) is 0 Å². The van der Waals surface area contributed by atoms with Crippen LogP contribution in [0.3, 0.4) is 0 Å². The summed E-state index contributed by atoms with van der Waals surface area (Å²) in [5, 5.41) is 0. The van der Waals surface area contributed by atoms with Crippen LogP contribution in [-0.2, 0) is 7.05 Å². The maximum Gasteiger partial charge on any atom is 0.200 e. The molecule has 0 bridgehead atoms. The van der Waals surface area contributed by atoms with Crippen LogP contribution >= 0.6 is 31.9 Å². The van der Waals surface area contributed by atoms with Crippen LogP contribution in [0, 0.1) is 6.07 Å². The van der Waals surface area contributed by atoms with Crippen LogP contribution in [0.2, 0.25) is 0 Å². The van der Waals surface area contributed by atoms with Gasteiger partial charge in [-0.05, 0) is 18.2 Å². The fourth-order valence-corrected chi connectivity index (χ4v) is 2.45. The Balaban J connectivity index is 2.28. The van der Waals surface area contributed by atoms with Gasteiger partial charge in [0.05, 0.1) is 0 Å². The summed E-state index contributed by atoms with van der Waals surface area (Å²) in [5.74, 6) is 1.55. The summed E-state index contributed by atoms with van der Waals surface area (Å²) in [4.78, 5) is 0. The number of halogens is 2. The lowest BCUT2D eigenvalue weighted by Crippen LogP contribution is -1.91. The normalized spacial score (nSPS) is 10.3. The monoisotopic (exact) mass is 328 g/mol. The van der Waals surface area contributed by atoms with E-state index >= 15 is 0 Å². The standard InChI is InChI=1S/C11H8Br2NO/c1-14-4-2-3-11(14)15-10-6-8(12)5-9(13)7-10/h3-7H,1H3. The van der Waals surface area contributed by atoms with Crippen LogP contribution in [-0.4, -0.2) is 4.57 Å². The van der Waals surface area contributed by atoms with Crippen LogP contribution in [0.5, 0.6) is 11.6 Å². The van der Waals surface area contributed by atoms with Gasteiger partial charge in [-0.25, -0.2) is 0 Å². The van der Waals surface area contributed by atoms with Gasteiger partial charge < -0.3 is 9.30 Å². The predicted octanol–water partition coefficient (Wildman–Crippen LogP) is 4.14. The lowest BCUT2D eigenvalue weighted by atomic mass is 10.3. The summed E-state index contributed by atoms with van der Waals surface area (Å²) in [5.41, 5.74) is 0. The van der Waals surface area contributed by atoms with Gasteiger partial charge in [-0.15, -0.1) is 0 Å². The molecule has 0 aliphatic rings. The summed E-state index contributed by atoms with van der Waals surface area (Å²) in [7, 11) is 1.92. The summed E-state index contributed by atoms with van der Waals surface area (Å²) >= 11 is 6.82. The second-order valence-electron chi connectivity index (χ2n) is 3.10. The van der Waals surface area contributed by atoms with E-state index in [0.717, 1.165) is 20.6 Å².